The highest BCUT2D eigenvalue weighted by atomic mass is 16.5. The topological polar surface area (TPSA) is 92.8 Å². The molecule has 1 N–H and O–H groups in total. The Balaban J connectivity index is 1.42. The maximum atomic E-state index is 13.1. The van der Waals surface area contributed by atoms with Crippen LogP contribution in [0.15, 0.2) is 18.2 Å². The van der Waals surface area contributed by atoms with Crippen molar-refractivity contribution in [3.63, 3.8) is 0 Å². The molecule has 2 saturated carbocycles. The lowest BCUT2D eigenvalue weighted by Gasteiger charge is -2.28. The molecule has 0 aromatic heterocycles. The van der Waals surface area contributed by atoms with E-state index < -0.39 is 24.5 Å². The molecule has 31 heavy (non-hydrogen) atoms. The quantitative estimate of drug-likeness (QED) is 0.558. The molecular weight excluding hydrogens is 396 g/mol. The summed E-state index contributed by atoms with van der Waals surface area (Å²) in [6, 6.07) is 4.66. The lowest BCUT2D eigenvalue weighted by atomic mass is 9.81. The molecule has 7 nitrogen and oxygen atoms in total. The molecule has 2 aliphatic carbocycles. The van der Waals surface area contributed by atoms with Crippen LogP contribution in [0.4, 0.5) is 5.69 Å². The van der Waals surface area contributed by atoms with Crippen molar-refractivity contribution in [3.05, 3.63) is 29.3 Å². The average Bonchev–Trinajstić information content (AvgIpc) is 3.35. The lowest BCUT2D eigenvalue weighted by molar-refractivity contribution is -0.162. The number of amides is 3. The summed E-state index contributed by atoms with van der Waals surface area (Å²) in [4.78, 5) is 52.5. The first-order valence-corrected chi connectivity index (χ1v) is 11.1. The van der Waals surface area contributed by atoms with E-state index in [1.165, 1.54) is 0 Å². The van der Waals surface area contributed by atoms with Crippen LogP contribution < -0.4 is 5.32 Å². The Morgan fingerprint density at radius 1 is 1.03 bits per heavy atom. The third kappa shape index (κ3) is 3.86. The number of anilines is 1. The zero-order valence-electron chi connectivity index (χ0n) is 18.5. The van der Waals surface area contributed by atoms with Crippen molar-refractivity contribution in [2.24, 2.45) is 29.6 Å². The second-order valence-corrected chi connectivity index (χ2v) is 9.65. The molecule has 1 aromatic rings. The van der Waals surface area contributed by atoms with Crippen molar-refractivity contribution in [2.45, 2.75) is 53.0 Å². The SMILES string of the molecule is Cc1cc(C)cc(NC(=O)COC(=O)[C@H](C(C)C)N2C(=O)[C@@H]3[C@@H]4CC[C@@H](C4)[C@@H]3C2=O)c1. The number of benzene rings is 1. The molecule has 7 heteroatoms. The van der Waals surface area contributed by atoms with Gasteiger partial charge in [-0.25, -0.2) is 4.79 Å². The number of ether oxygens (including phenoxy) is 1. The first-order chi connectivity index (χ1) is 14.7. The Kier molecular flexibility index (Phi) is 5.62. The van der Waals surface area contributed by atoms with E-state index >= 15 is 0 Å². The molecule has 3 aliphatic rings. The molecule has 0 unspecified atom stereocenters. The monoisotopic (exact) mass is 426 g/mol. The van der Waals surface area contributed by atoms with Gasteiger partial charge in [0.05, 0.1) is 11.8 Å². The summed E-state index contributed by atoms with van der Waals surface area (Å²) >= 11 is 0. The van der Waals surface area contributed by atoms with Gasteiger partial charge in [-0.2, -0.15) is 0 Å². The summed E-state index contributed by atoms with van der Waals surface area (Å²) in [5, 5.41) is 2.72. The number of carbonyl (C=O) groups is 4. The molecule has 1 heterocycles. The summed E-state index contributed by atoms with van der Waals surface area (Å²) < 4.78 is 5.26. The summed E-state index contributed by atoms with van der Waals surface area (Å²) in [5.74, 6) is -2.02. The standard InChI is InChI=1S/C24H30N2O5/c1-12(2)21(26-22(28)19-15-5-6-16(10-15)20(19)23(26)29)24(30)31-11-18(27)25-17-8-13(3)7-14(4)9-17/h7-9,12,15-16,19-21H,5-6,10-11H2,1-4H3,(H,25,27)/t15-,16+,19-,20+,21-/m0/s1. The van der Waals surface area contributed by atoms with E-state index in [9.17, 15) is 19.2 Å². The highest BCUT2D eigenvalue weighted by molar-refractivity contribution is 6.08. The highest BCUT2D eigenvalue weighted by Gasteiger charge is 2.62. The minimum Gasteiger partial charge on any atom is -0.454 e. The molecule has 5 atom stereocenters. The maximum absolute atomic E-state index is 13.1. The Labute approximate surface area is 182 Å². The fraction of sp³-hybridized carbons (Fsp3) is 0.583. The number of likely N-dealkylation sites (tertiary alicyclic amines) is 1. The van der Waals surface area contributed by atoms with Gasteiger partial charge in [-0.05, 0) is 74.1 Å². The first kappa shape index (κ1) is 21.5. The van der Waals surface area contributed by atoms with Gasteiger partial charge >= 0.3 is 5.97 Å². The van der Waals surface area contributed by atoms with Gasteiger partial charge in [0, 0.05) is 5.69 Å². The number of esters is 1. The Bertz CT molecular complexity index is 892. The number of aryl methyl sites for hydroxylation is 2. The zero-order chi connectivity index (χ0) is 22.4. The van der Waals surface area contributed by atoms with Gasteiger partial charge in [0.2, 0.25) is 11.8 Å². The van der Waals surface area contributed by atoms with Crippen molar-refractivity contribution in [1.82, 2.24) is 4.90 Å². The van der Waals surface area contributed by atoms with Crippen molar-refractivity contribution in [2.75, 3.05) is 11.9 Å². The minimum atomic E-state index is -1.00. The Morgan fingerprint density at radius 2 is 1.58 bits per heavy atom. The van der Waals surface area contributed by atoms with Gasteiger partial charge in [-0.3, -0.25) is 19.3 Å². The van der Waals surface area contributed by atoms with Crippen LogP contribution >= 0.6 is 0 Å². The average molecular weight is 427 g/mol. The van der Waals surface area contributed by atoms with E-state index in [4.69, 9.17) is 4.74 Å². The zero-order valence-corrected chi connectivity index (χ0v) is 18.5. The third-order valence-corrected chi connectivity index (χ3v) is 6.96. The summed E-state index contributed by atoms with van der Waals surface area (Å²) in [6.45, 7) is 6.96. The number of carbonyl (C=O) groups excluding carboxylic acids is 4. The van der Waals surface area contributed by atoms with Gasteiger partial charge in [-0.15, -0.1) is 0 Å². The van der Waals surface area contributed by atoms with Crippen LogP contribution in [0, 0.1) is 43.4 Å². The van der Waals surface area contributed by atoms with Crippen LogP contribution in [0.5, 0.6) is 0 Å². The molecule has 2 bridgehead atoms. The van der Waals surface area contributed by atoms with E-state index in [1.807, 2.05) is 32.0 Å². The molecule has 1 aromatic carbocycles. The van der Waals surface area contributed by atoms with Gasteiger partial charge < -0.3 is 10.1 Å². The van der Waals surface area contributed by atoms with Gasteiger partial charge in [0.25, 0.3) is 5.91 Å². The number of nitrogens with zero attached hydrogens (tertiary/aromatic N) is 1. The fourth-order valence-corrected chi connectivity index (χ4v) is 5.85. The molecule has 3 amide bonds. The van der Waals surface area contributed by atoms with Crippen molar-refractivity contribution >= 4 is 29.4 Å². The number of fused-ring (bicyclic) bond motifs is 5. The van der Waals surface area contributed by atoms with Crippen molar-refractivity contribution in [3.8, 4) is 0 Å². The van der Waals surface area contributed by atoms with E-state index in [1.54, 1.807) is 13.8 Å². The normalized spacial score (nSPS) is 27.6. The molecule has 1 aliphatic heterocycles. The van der Waals surface area contributed by atoms with Gasteiger partial charge in [0.1, 0.15) is 6.04 Å². The van der Waals surface area contributed by atoms with Crippen molar-refractivity contribution in [1.29, 1.82) is 0 Å². The number of imide groups is 1. The molecule has 1 saturated heterocycles. The van der Waals surface area contributed by atoms with E-state index in [0.717, 1.165) is 35.3 Å². The van der Waals surface area contributed by atoms with Crippen LogP contribution in [0.25, 0.3) is 0 Å². The van der Waals surface area contributed by atoms with Crippen LogP contribution in [0.2, 0.25) is 0 Å². The number of hydrogen-bond donors (Lipinski definition) is 1. The van der Waals surface area contributed by atoms with Crippen molar-refractivity contribution < 1.29 is 23.9 Å². The van der Waals surface area contributed by atoms with Crippen LogP contribution in [0.3, 0.4) is 0 Å². The molecule has 3 fully saturated rings. The second-order valence-electron chi connectivity index (χ2n) is 9.65. The molecule has 4 rings (SSSR count). The number of hydrogen-bond acceptors (Lipinski definition) is 5. The van der Waals surface area contributed by atoms with Gasteiger partial charge in [-0.1, -0.05) is 19.9 Å². The fourth-order valence-electron chi connectivity index (χ4n) is 5.85. The van der Waals surface area contributed by atoms with E-state index in [2.05, 4.69) is 5.32 Å². The van der Waals surface area contributed by atoms with E-state index in [0.29, 0.717) is 5.69 Å². The Morgan fingerprint density at radius 3 is 2.10 bits per heavy atom. The number of nitrogens with one attached hydrogen (secondary N) is 1. The molecular formula is C24H30N2O5. The maximum Gasteiger partial charge on any atom is 0.330 e. The third-order valence-electron chi connectivity index (χ3n) is 6.96. The molecule has 0 spiro atoms. The highest BCUT2D eigenvalue weighted by Crippen LogP contribution is 2.56. The predicted molar refractivity (Wildman–Crippen MR) is 114 cm³/mol. The molecule has 0 radical (unpaired) electrons. The largest absolute Gasteiger partial charge is 0.454 e. The van der Waals surface area contributed by atoms with E-state index in [-0.39, 0.29) is 41.4 Å². The van der Waals surface area contributed by atoms with Crippen LogP contribution in [-0.4, -0.2) is 41.2 Å². The van der Waals surface area contributed by atoms with Crippen LogP contribution in [0.1, 0.15) is 44.2 Å². The Hall–Kier alpha value is -2.70. The summed E-state index contributed by atoms with van der Waals surface area (Å²) in [5.41, 5.74) is 2.66. The molecule has 166 valence electrons. The first-order valence-electron chi connectivity index (χ1n) is 11.1. The predicted octanol–water partition coefficient (Wildman–Crippen LogP) is 2.84. The lowest BCUT2D eigenvalue weighted by Crippen LogP contribution is -2.50. The smallest absolute Gasteiger partial charge is 0.330 e. The number of rotatable bonds is 6. The van der Waals surface area contributed by atoms with Crippen LogP contribution in [-0.2, 0) is 23.9 Å². The van der Waals surface area contributed by atoms with Gasteiger partial charge in [0.15, 0.2) is 6.61 Å². The minimum absolute atomic E-state index is 0.238. The summed E-state index contributed by atoms with van der Waals surface area (Å²) in [6.07, 6.45) is 2.90. The second kappa shape index (κ2) is 8.09. The summed E-state index contributed by atoms with van der Waals surface area (Å²) in [7, 11) is 0.